The molecule has 0 aliphatic rings. The molecular formula is C19H17N5O2S. The summed E-state index contributed by atoms with van der Waals surface area (Å²) in [5.74, 6) is 0.153. The van der Waals surface area contributed by atoms with Gasteiger partial charge in [0, 0.05) is 11.8 Å². The number of aryl methyl sites for hydroxylation is 2. The summed E-state index contributed by atoms with van der Waals surface area (Å²) < 4.78 is 1.57. The van der Waals surface area contributed by atoms with Gasteiger partial charge in [-0.3, -0.25) is 19.3 Å². The monoisotopic (exact) mass is 379 g/mol. The zero-order chi connectivity index (χ0) is 19.0. The van der Waals surface area contributed by atoms with Crippen molar-refractivity contribution in [1.29, 1.82) is 0 Å². The van der Waals surface area contributed by atoms with Gasteiger partial charge in [-0.05, 0) is 25.0 Å². The molecule has 0 radical (unpaired) electrons. The van der Waals surface area contributed by atoms with E-state index < -0.39 is 0 Å². The van der Waals surface area contributed by atoms with Crippen LogP contribution in [0.2, 0.25) is 0 Å². The van der Waals surface area contributed by atoms with Crippen LogP contribution in [0.1, 0.15) is 26.5 Å². The number of H-pyrrole nitrogens is 1. The molecule has 7 nitrogen and oxygen atoms in total. The second kappa shape index (κ2) is 6.81. The lowest BCUT2D eigenvalue weighted by Crippen LogP contribution is -2.21. The number of anilines is 1. The summed E-state index contributed by atoms with van der Waals surface area (Å²) in [6, 6.07) is 11.5. The van der Waals surface area contributed by atoms with Crippen LogP contribution in [-0.2, 0) is 6.54 Å². The molecule has 0 unspecified atom stereocenters. The Labute approximate surface area is 158 Å². The van der Waals surface area contributed by atoms with Crippen LogP contribution in [0.15, 0.2) is 47.5 Å². The zero-order valence-electron chi connectivity index (χ0n) is 14.8. The predicted molar refractivity (Wildman–Crippen MR) is 105 cm³/mol. The van der Waals surface area contributed by atoms with Gasteiger partial charge in [-0.1, -0.05) is 30.3 Å². The van der Waals surface area contributed by atoms with E-state index in [1.54, 1.807) is 17.6 Å². The first-order valence-corrected chi connectivity index (χ1v) is 9.20. The number of benzene rings is 1. The third-order valence-electron chi connectivity index (χ3n) is 4.27. The molecule has 1 aromatic carbocycles. The fourth-order valence-electron chi connectivity index (χ4n) is 2.92. The Balaban J connectivity index is 1.70. The molecule has 27 heavy (non-hydrogen) atoms. The van der Waals surface area contributed by atoms with Gasteiger partial charge in [-0.2, -0.15) is 5.10 Å². The average Bonchev–Trinajstić information content (AvgIpc) is 3.22. The Hall–Kier alpha value is -3.26. The maximum absolute atomic E-state index is 12.9. The van der Waals surface area contributed by atoms with Gasteiger partial charge in [0.1, 0.15) is 4.83 Å². The van der Waals surface area contributed by atoms with E-state index in [-0.39, 0.29) is 11.5 Å². The van der Waals surface area contributed by atoms with Crippen LogP contribution in [0.5, 0.6) is 0 Å². The number of thiophene rings is 1. The number of nitrogens with one attached hydrogen (secondary N) is 2. The summed E-state index contributed by atoms with van der Waals surface area (Å²) in [7, 11) is 0. The van der Waals surface area contributed by atoms with Crippen LogP contribution in [0.4, 0.5) is 5.82 Å². The van der Waals surface area contributed by atoms with Crippen LogP contribution in [0, 0.1) is 13.8 Å². The molecule has 0 saturated heterocycles. The molecular weight excluding hydrogens is 362 g/mol. The van der Waals surface area contributed by atoms with E-state index in [9.17, 15) is 9.59 Å². The summed E-state index contributed by atoms with van der Waals surface area (Å²) in [6.07, 6.45) is 1.53. The van der Waals surface area contributed by atoms with E-state index in [0.29, 0.717) is 33.0 Å². The molecule has 8 heteroatoms. The maximum atomic E-state index is 12.9. The molecule has 136 valence electrons. The number of carbonyl (C=O) groups excluding carboxylic acids is 1. The summed E-state index contributed by atoms with van der Waals surface area (Å²) in [5.41, 5.74) is 2.36. The van der Waals surface area contributed by atoms with Crippen molar-refractivity contribution >= 4 is 33.3 Å². The Morgan fingerprint density at radius 1 is 1.26 bits per heavy atom. The van der Waals surface area contributed by atoms with Gasteiger partial charge in [0.2, 0.25) is 0 Å². The molecule has 0 bridgehead atoms. The van der Waals surface area contributed by atoms with Crippen LogP contribution in [0.25, 0.3) is 10.2 Å². The third-order valence-corrected chi connectivity index (χ3v) is 5.47. The van der Waals surface area contributed by atoms with Gasteiger partial charge in [-0.25, -0.2) is 4.98 Å². The molecule has 0 spiro atoms. The highest BCUT2D eigenvalue weighted by Crippen LogP contribution is 2.27. The number of nitrogens with zero attached hydrogens (tertiary/aromatic N) is 3. The molecule has 0 atom stereocenters. The second-order valence-corrected chi connectivity index (χ2v) is 7.29. The standard InChI is InChI=1S/C19H17N5O2S/c1-11-8-14(23-22-11)21-17(25)16-12(2)15-18(27-16)20-10-24(19(15)26)9-13-6-4-3-5-7-13/h3-8,10H,9H2,1-2H3,(H2,21,22,23,25). The van der Waals surface area contributed by atoms with Gasteiger partial charge in [0.25, 0.3) is 11.5 Å². The van der Waals surface area contributed by atoms with Gasteiger partial charge in [0.05, 0.1) is 23.1 Å². The first kappa shape index (κ1) is 17.2. The number of amides is 1. The third kappa shape index (κ3) is 3.26. The van der Waals surface area contributed by atoms with Crippen molar-refractivity contribution in [3.63, 3.8) is 0 Å². The summed E-state index contributed by atoms with van der Waals surface area (Å²) in [4.78, 5) is 31.0. The van der Waals surface area contributed by atoms with Crippen LogP contribution < -0.4 is 10.9 Å². The molecule has 0 aliphatic carbocycles. The molecule has 3 heterocycles. The minimum Gasteiger partial charge on any atom is -0.304 e. The number of aromatic amines is 1. The highest BCUT2D eigenvalue weighted by molar-refractivity contribution is 7.20. The second-order valence-electron chi connectivity index (χ2n) is 6.29. The molecule has 0 saturated carbocycles. The zero-order valence-corrected chi connectivity index (χ0v) is 15.6. The van der Waals surface area contributed by atoms with Gasteiger partial charge in [0.15, 0.2) is 5.82 Å². The molecule has 4 rings (SSSR count). The van der Waals surface area contributed by atoms with E-state index in [1.165, 1.54) is 17.7 Å². The van der Waals surface area contributed by atoms with E-state index in [4.69, 9.17) is 0 Å². The molecule has 0 aliphatic heterocycles. The summed E-state index contributed by atoms with van der Waals surface area (Å²) in [6.45, 7) is 4.07. The number of hydrogen-bond acceptors (Lipinski definition) is 5. The number of carbonyl (C=O) groups is 1. The Morgan fingerprint density at radius 3 is 2.74 bits per heavy atom. The molecule has 0 fully saturated rings. The van der Waals surface area contributed by atoms with E-state index in [0.717, 1.165) is 11.3 Å². The van der Waals surface area contributed by atoms with Crippen molar-refractivity contribution in [1.82, 2.24) is 19.7 Å². The number of rotatable bonds is 4. The van der Waals surface area contributed by atoms with Crippen molar-refractivity contribution in [3.05, 3.63) is 74.8 Å². The van der Waals surface area contributed by atoms with Crippen molar-refractivity contribution < 1.29 is 4.79 Å². The number of aromatic nitrogens is 4. The van der Waals surface area contributed by atoms with Crippen LogP contribution >= 0.6 is 11.3 Å². The Morgan fingerprint density at radius 2 is 2.04 bits per heavy atom. The maximum Gasteiger partial charge on any atom is 0.267 e. The normalized spacial score (nSPS) is 11.0. The Bertz CT molecular complexity index is 1190. The minimum atomic E-state index is -0.295. The molecule has 2 N–H and O–H groups in total. The van der Waals surface area contributed by atoms with E-state index in [2.05, 4.69) is 20.5 Å². The van der Waals surface area contributed by atoms with Gasteiger partial charge >= 0.3 is 0 Å². The lowest BCUT2D eigenvalue weighted by Gasteiger charge is -2.05. The molecule has 1 amide bonds. The lowest BCUT2D eigenvalue weighted by molar-refractivity contribution is 0.102. The SMILES string of the molecule is Cc1cc(NC(=O)c2sc3ncn(Cc4ccccc4)c(=O)c3c2C)n[nH]1. The minimum absolute atomic E-state index is 0.146. The largest absolute Gasteiger partial charge is 0.304 e. The average molecular weight is 379 g/mol. The fraction of sp³-hybridized carbons (Fsp3) is 0.158. The Kier molecular flexibility index (Phi) is 4.33. The smallest absolute Gasteiger partial charge is 0.267 e. The van der Waals surface area contributed by atoms with E-state index in [1.807, 2.05) is 37.3 Å². The highest BCUT2D eigenvalue weighted by Gasteiger charge is 2.20. The van der Waals surface area contributed by atoms with Crippen molar-refractivity contribution in [3.8, 4) is 0 Å². The van der Waals surface area contributed by atoms with Crippen molar-refractivity contribution in [2.24, 2.45) is 0 Å². The lowest BCUT2D eigenvalue weighted by atomic mass is 10.2. The number of hydrogen-bond donors (Lipinski definition) is 2. The van der Waals surface area contributed by atoms with Gasteiger partial charge < -0.3 is 5.32 Å². The first-order valence-electron chi connectivity index (χ1n) is 8.39. The van der Waals surface area contributed by atoms with Crippen LogP contribution in [-0.4, -0.2) is 25.7 Å². The van der Waals surface area contributed by atoms with Crippen molar-refractivity contribution in [2.75, 3.05) is 5.32 Å². The predicted octanol–water partition coefficient (Wildman–Crippen LogP) is 3.10. The quantitative estimate of drug-likeness (QED) is 0.570. The first-order chi connectivity index (χ1) is 13.0. The number of fused-ring (bicyclic) bond motifs is 1. The molecule has 3 aromatic heterocycles. The summed E-state index contributed by atoms with van der Waals surface area (Å²) in [5, 5.41) is 10.0. The van der Waals surface area contributed by atoms with Crippen molar-refractivity contribution in [2.45, 2.75) is 20.4 Å². The highest BCUT2D eigenvalue weighted by atomic mass is 32.1. The molecule has 4 aromatic rings. The van der Waals surface area contributed by atoms with E-state index >= 15 is 0 Å². The summed E-state index contributed by atoms with van der Waals surface area (Å²) >= 11 is 1.21. The van der Waals surface area contributed by atoms with Gasteiger partial charge in [-0.15, -0.1) is 11.3 Å². The van der Waals surface area contributed by atoms with Crippen LogP contribution in [0.3, 0.4) is 0 Å². The fourth-order valence-corrected chi connectivity index (χ4v) is 3.96. The topological polar surface area (TPSA) is 92.7 Å².